The van der Waals surface area contributed by atoms with Gasteiger partial charge in [-0.2, -0.15) is 0 Å². The van der Waals surface area contributed by atoms with E-state index >= 15 is 0 Å². The molecular formula is C16H12FN3O3S. The van der Waals surface area contributed by atoms with Crippen molar-refractivity contribution in [2.75, 3.05) is 0 Å². The first-order valence-corrected chi connectivity index (χ1v) is 7.67. The number of aryl methyl sites for hydroxylation is 1. The minimum atomic E-state index is -0.762. The molecule has 0 saturated carbocycles. The number of fused-ring (bicyclic) bond motifs is 1. The predicted octanol–water partition coefficient (Wildman–Crippen LogP) is 1.62. The largest absolute Gasteiger partial charge is 0.335 e. The Morgan fingerprint density at radius 2 is 1.96 bits per heavy atom. The van der Waals surface area contributed by atoms with Crippen LogP contribution >= 0.6 is 11.3 Å². The number of hydrogen-bond donors (Lipinski definition) is 0. The second kappa shape index (κ2) is 5.59. The lowest BCUT2D eigenvalue weighted by Crippen LogP contribution is -2.38. The first-order valence-electron chi connectivity index (χ1n) is 6.85. The van der Waals surface area contributed by atoms with Crippen molar-refractivity contribution >= 4 is 27.8 Å². The van der Waals surface area contributed by atoms with Gasteiger partial charge in [0.05, 0.1) is 22.1 Å². The summed E-state index contributed by atoms with van der Waals surface area (Å²) in [7, 11) is 1.49. The van der Waals surface area contributed by atoms with Crippen LogP contribution in [0.25, 0.3) is 22.1 Å². The molecule has 0 unspecified atom stereocenters. The third-order valence-electron chi connectivity index (χ3n) is 3.70. The SMILES string of the molecule is C=C=Cn1c(=O)sc2cc(F)c(-n3c(=O)cc(C)n(C)c3=O)cc21. The lowest BCUT2D eigenvalue weighted by atomic mass is 10.2. The van der Waals surface area contributed by atoms with Gasteiger partial charge >= 0.3 is 10.6 Å². The van der Waals surface area contributed by atoms with Crippen LogP contribution in [0.15, 0.2) is 44.9 Å². The number of aromatic nitrogens is 3. The fourth-order valence-electron chi connectivity index (χ4n) is 2.39. The van der Waals surface area contributed by atoms with Gasteiger partial charge in [0.15, 0.2) is 0 Å². The van der Waals surface area contributed by atoms with Gasteiger partial charge in [0.2, 0.25) is 0 Å². The summed E-state index contributed by atoms with van der Waals surface area (Å²) in [6, 6.07) is 3.68. The van der Waals surface area contributed by atoms with Crippen molar-refractivity contribution in [1.29, 1.82) is 0 Å². The number of hydrogen-bond acceptors (Lipinski definition) is 4. The van der Waals surface area contributed by atoms with Crippen LogP contribution in [-0.4, -0.2) is 13.7 Å². The molecule has 0 amide bonds. The summed E-state index contributed by atoms with van der Waals surface area (Å²) in [6.07, 6.45) is 1.32. The summed E-state index contributed by atoms with van der Waals surface area (Å²) in [5.41, 5.74) is 1.80. The molecular weight excluding hydrogens is 333 g/mol. The molecule has 0 N–H and O–H groups in total. The van der Waals surface area contributed by atoms with Crippen LogP contribution in [0.1, 0.15) is 5.69 Å². The van der Waals surface area contributed by atoms with Gasteiger partial charge < -0.3 is 4.57 Å². The lowest BCUT2D eigenvalue weighted by molar-refractivity contribution is 0.606. The van der Waals surface area contributed by atoms with Gasteiger partial charge in [-0.15, -0.1) is 5.73 Å². The molecule has 0 spiro atoms. The maximum absolute atomic E-state index is 14.5. The van der Waals surface area contributed by atoms with Crippen molar-refractivity contribution in [2.45, 2.75) is 6.92 Å². The Kier molecular flexibility index (Phi) is 3.71. The van der Waals surface area contributed by atoms with Crippen molar-refractivity contribution in [2.24, 2.45) is 7.05 Å². The summed E-state index contributed by atoms with van der Waals surface area (Å²) < 4.78 is 18.1. The van der Waals surface area contributed by atoms with E-state index in [1.165, 1.54) is 34.5 Å². The average Bonchev–Trinajstić information content (AvgIpc) is 2.81. The highest BCUT2D eigenvalue weighted by molar-refractivity contribution is 7.16. The molecule has 3 rings (SSSR count). The molecule has 3 aromatic rings. The molecule has 8 heteroatoms. The van der Waals surface area contributed by atoms with E-state index in [2.05, 4.69) is 12.3 Å². The van der Waals surface area contributed by atoms with Crippen LogP contribution in [0.3, 0.4) is 0 Å². The van der Waals surface area contributed by atoms with E-state index in [0.29, 0.717) is 15.9 Å². The summed E-state index contributed by atoms with van der Waals surface area (Å²) in [5.74, 6) is -0.762. The van der Waals surface area contributed by atoms with E-state index in [4.69, 9.17) is 0 Å². The van der Waals surface area contributed by atoms with Gasteiger partial charge in [-0.25, -0.2) is 13.8 Å². The number of halogens is 1. The molecule has 0 aliphatic rings. The Morgan fingerprint density at radius 1 is 1.25 bits per heavy atom. The van der Waals surface area contributed by atoms with Crippen LogP contribution in [-0.2, 0) is 7.05 Å². The first-order chi connectivity index (χ1) is 11.3. The van der Waals surface area contributed by atoms with E-state index in [-0.39, 0.29) is 10.6 Å². The Bertz CT molecular complexity index is 1210. The highest BCUT2D eigenvalue weighted by atomic mass is 32.1. The summed E-state index contributed by atoms with van der Waals surface area (Å²) in [5, 5.41) is 0. The lowest BCUT2D eigenvalue weighted by Gasteiger charge is -2.10. The summed E-state index contributed by atoms with van der Waals surface area (Å²) >= 11 is 0.848. The van der Waals surface area contributed by atoms with Crippen LogP contribution in [0, 0.1) is 12.7 Å². The smallest absolute Gasteiger partial charge is 0.301 e. The highest BCUT2D eigenvalue weighted by Crippen LogP contribution is 2.23. The van der Waals surface area contributed by atoms with Crippen molar-refractivity contribution in [3.05, 3.63) is 72.5 Å². The molecule has 2 heterocycles. The molecule has 0 saturated heterocycles. The van der Waals surface area contributed by atoms with Crippen molar-refractivity contribution in [1.82, 2.24) is 13.7 Å². The third kappa shape index (κ3) is 2.29. The average molecular weight is 345 g/mol. The molecule has 2 aromatic heterocycles. The third-order valence-corrected chi connectivity index (χ3v) is 4.62. The topological polar surface area (TPSA) is 66.0 Å². The molecule has 0 bridgehead atoms. The summed E-state index contributed by atoms with van der Waals surface area (Å²) in [4.78, 5) is 36.2. The minimum Gasteiger partial charge on any atom is -0.301 e. The molecule has 0 atom stereocenters. The second-order valence-electron chi connectivity index (χ2n) is 5.14. The van der Waals surface area contributed by atoms with Gasteiger partial charge in [-0.05, 0) is 19.1 Å². The molecule has 24 heavy (non-hydrogen) atoms. The zero-order chi connectivity index (χ0) is 17.6. The molecule has 0 fully saturated rings. The molecule has 0 aliphatic heterocycles. The summed E-state index contributed by atoms with van der Waals surface area (Å²) in [6.45, 7) is 5.02. The number of benzene rings is 1. The van der Waals surface area contributed by atoms with Gasteiger partial charge in [0.25, 0.3) is 5.56 Å². The van der Waals surface area contributed by atoms with Crippen molar-refractivity contribution in [3.63, 3.8) is 0 Å². The number of nitrogens with zero attached hydrogens (tertiary/aromatic N) is 3. The van der Waals surface area contributed by atoms with Gasteiger partial charge in [0, 0.05) is 18.8 Å². The van der Waals surface area contributed by atoms with Crippen LogP contribution in [0.2, 0.25) is 0 Å². The highest BCUT2D eigenvalue weighted by Gasteiger charge is 2.16. The van der Waals surface area contributed by atoms with Crippen molar-refractivity contribution in [3.8, 4) is 5.69 Å². The standard InChI is InChI=1S/C16H12FN3O3S/c1-4-5-19-12-8-11(10(17)7-13(12)24-16(19)23)20-14(21)6-9(2)18(3)15(20)22/h5-8H,1H2,2-3H3. The Hall–Kier alpha value is -2.96. The Labute approximate surface area is 138 Å². The van der Waals surface area contributed by atoms with Crippen LogP contribution in [0.4, 0.5) is 4.39 Å². The monoisotopic (exact) mass is 345 g/mol. The molecule has 1 aromatic carbocycles. The maximum Gasteiger partial charge on any atom is 0.335 e. The van der Waals surface area contributed by atoms with Crippen molar-refractivity contribution < 1.29 is 4.39 Å². The molecule has 6 nitrogen and oxygen atoms in total. The van der Waals surface area contributed by atoms with Gasteiger partial charge in [-0.1, -0.05) is 17.9 Å². The Balaban J connectivity index is 2.47. The molecule has 0 aliphatic carbocycles. The fourth-order valence-corrected chi connectivity index (χ4v) is 3.25. The van der Waals surface area contributed by atoms with E-state index < -0.39 is 17.1 Å². The van der Waals surface area contributed by atoms with E-state index in [9.17, 15) is 18.8 Å². The van der Waals surface area contributed by atoms with Crippen LogP contribution in [0.5, 0.6) is 0 Å². The second-order valence-corrected chi connectivity index (χ2v) is 6.14. The first kappa shape index (κ1) is 15.9. The van der Waals surface area contributed by atoms with Gasteiger partial charge in [0.1, 0.15) is 5.82 Å². The zero-order valence-corrected chi connectivity index (χ0v) is 13.7. The quantitative estimate of drug-likeness (QED) is 0.663. The predicted molar refractivity (Wildman–Crippen MR) is 91.5 cm³/mol. The normalized spacial score (nSPS) is 10.8. The number of thiazole rings is 1. The van der Waals surface area contributed by atoms with Gasteiger partial charge in [-0.3, -0.25) is 14.2 Å². The zero-order valence-electron chi connectivity index (χ0n) is 12.9. The van der Waals surface area contributed by atoms with E-state index in [1.54, 1.807) is 6.92 Å². The molecule has 122 valence electrons. The minimum absolute atomic E-state index is 0.211. The molecule has 0 radical (unpaired) electrons. The maximum atomic E-state index is 14.5. The number of rotatable bonds is 2. The van der Waals surface area contributed by atoms with E-state index in [1.807, 2.05) is 0 Å². The van der Waals surface area contributed by atoms with E-state index in [0.717, 1.165) is 22.0 Å². The fraction of sp³-hybridized carbons (Fsp3) is 0.125. The Morgan fingerprint density at radius 3 is 2.62 bits per heavy atom. The van der Waals surface area contributed by atoms with Crippen LogP contribution < -0.4 is 16.1 Å².